The summed E-state index contributed by atoms with van der Waals surface area (Å²) in [5.74, 6) is 2.05. The number of hydrogen-bond donors (Lipinski definition) is 2. The van der Waals surface area contributed by atoms with Gasteiger partial charge in [-0.25, -0.2) is 9.13 Å². The first kappa shape index (κ1) is 27.3. The van der Waals surface area contributed by atoms with Crippen LogP contribution in [-0.2, 0) is 14.1 Å². The predicted octanol–water partition coefficient (Wildman–Crippen LogP) is 7.07. The van der Waals surface area contributed by atoms with E-state index in [-0.39, 0.29) is 0 Å². The monoisotopic (exact) mass is 544 g/mol. The molecule has 0 spiro atoms. The van der Waals surface area contributed by atoms with E-state index < -0.39 is 0 Å². The van der Waals surface area contributed by atoms with Crippen LogP contribution in [0.1, 0.15) is 0 Å². The maximum Gasteiger partial charge on any atom is 0.170 e. The van der Waals surface area contributed by atoms with Gasteiger partial charge < -0.3 is 10.6 Å². The molecule has 38 heavy (non-hydrogen) atoms. The smallest absolute Gasteiger partial charge is 0.170 e. The van der Waals surface area contributed by atoms with E-state index in [4.69, 9.17) is 0 Å². The van der Waals surface area contributed by atoms with E-state index in [9.17, 15) is 0 Å². The van der Waals surface area contributed by atoms with Crippen LogP contribution in [0.5, 0.6) is 0 Å². The van der Waals surface area contributed by atoms with Gasteiger partial charge in [-0.15, -0.1) is 0 Å². The Morgan fingerprint density at radius 3 is 1.16 bits per heavy atom. The van der Waals surface area contributed by atoms with Crippen molar-refractivity contribution in [2.45, 2.75) is 0 Å². The SMILES string of the molecule is C[n+]1ccc(N=Nc2ccc(NCCSSCCNc3ccc(N=Nc4cc[n+](C)cc4)cc3)cc2)cc1. The number of hydrogen-bond acceptors (Lipinski definition) is 8. The highest BCUT2D eigenvalue weighted by Gasteiger charge is 1.98. The van der Waals surface area contributed by atoms with Gasteiger partial charge >= 0.3 is 0 Å². The molecule has 0 aliphatic rings. The Kier molecular flexibility index (Phi) is 10.7. The van der Waals surface area contributed by atoms with Gasteiger partial charge in [-0.2, -0.15) is 20.5 Å². The lowest BCUT2D eigenvalue weighted by Crippen LogP contribution is -2.25. The molecule has 0 saturated carbocycles. The number of benzene rings is 2. The van der Waals surface area contributed by atoms with E-state index in [2.05, 4.69) is 31.1 Å². The number of anilines is 2. The molecule has 4 rings (SSSR count). The minimum absolute atomic E-state index is 0.835. The van der Waals surface area contributed by atoms with Gasteiger partial charge in [-0.05, 0) is 48.5 Å². The summed E-state index contributed by atoms with van der Waals surface area (Å²) in [4.78, 5) is 0. The van der Waals surface area contributed by atoms with E-state index in [0.29, 0.717) is 0 Å². The van der Waals surface area contributed by atoms with Gasteiger partial charge in [0.15, 0.2) is 24.8 Å². The van der Waals surface area contributed by atoms with Gasteiger partial charge in [-0.3, -0.25) is 0 Å². The van der Waals surface area contributed by atoms with Crippen LogP contribution in [0.15, 0.2) is 118 Å². The zero-order chi connectivity index (χ0) is 26.4. The molecular weight excluding hydrogens is 512 g/mol. The first-order valence-electron chi connectivity index (χ1n) is 12.3. The molecule has 2 aromatic carbocycles. The number of nitrogens with one attached hydrogen (secondary N) is 2. The highest BCUT2D eigenvalue weighted by molar-refractivity contribution is 8.76. The fourth-order valence-corrected chi connectivity index (χ4v) is 5.05. The lowest BCUT2D eigenvalue weighted by Gasteiger charge is -2.07. The van der Waals surface area contributed by atoms with Crippen LogP contribution in [0.2, 0.25) is 0 Å². The average molecular weight is 545 g/mol. The zero-order valence-electron chi connectivity index (χ0n) is 21.6. The Bertz CT molecular complexity index is 1200. The van der Waals surface area contributed by atoms with Crippen LogP contribution in [0.4, 0.5) is 34.1 Å². The van der Waals surface area contributed by atoms with Gasteiger partial charge in [0.2, 0.25) is 0 Å². The fourth-order valence-electron chi connectivity index (χ4n) is 3.23. The minimum atomic E-state index is 0.835. The topological polar surface area (TPSA) is 81.3 Å². The molecule has 2 aromatic heterocycles. The van der Waals surface area contributed by atoms with Crippen molar-refractivity contribution in [3.8, 4) is 0 Å². The number of azo groups is 2. The first-order valence-corrected chi connectivity index (χ1v) is 14.8. The van der Waals surface area contributed by atoms with Crippen LogP contribution in [-0.4, -0.2) is 24.6 Å². The minimum Gasteiger partial charge on any atom is -0.384 e. The molecule has 0 atom stereocenters. The number of aryl methyl sites for hydroxylation is 2. The maximum absolute atomic E-state index is 4.30. The van der Waals surface area contributed by atoms with E-state index in [1.54, 1.807) is 0 Å². The number of nitrogens with zero attached hydrogens (tertiary/aromatic N) is 6. The molecule has 0 amide bonds. The van der Waals surface area contributed by atoms with Crippen molar-refractivity contribution in [3.63, 3.8) is 0 Å². The van der Waals surface area contributed by atoms with Gasteiger partial charge in [-0.1, -0.05) is 21.6 Å². The molecule has 0 fully saturated rings. The normalized spacial score (nSPS) is 11.3. The third-order valence-electron chi connectivity index (χ3n) is 5.33. The third-order valence-corrected chi connectivity index (χ3v) is 7.74. The fraction of sp³-hybridized carbons (Fsp3) is 0.214. The second-order valence-corrected chi connectivity index (χ2v) is 11.1. The summed E-state index contributed by atoms with van der Waals surface area (Å²) in [6.07, 6.45) is 7.81. The summed E-state index contributed by atoms with van der Waals surface area (Å²) in [6.45, 7) is 1.81. The third kappa shape index (κ3) is 9.60. The number of rotatable bonds is 13. The quantitative estimate of drug-likeness (QED) is 0.0816. The summed E-state index contributed by atoms with van der Waals surface area (Å²) in [5.41, 5.74) is 5.52. The molecule has 2 heterocycles. The summed E-state index contributed by atoms with van der Waals surface area (Å²) in [6, 6.07) is 23.8. The molecule has 0 bridgehead atoms. The van der Waals surface area contributed by atoms with E-state index in [1.165, 1.54) is 0 Å². The van der Waals surface area contributed by atoms with E-state index in [0.717, 1.165) is 58.7 Å². The Labute approximate surface area is 231 Å². The molecule has 4 aromatic rings. The molecule has 0 aliphatic carbocycles. The standard InChI is InChI=1S/C28H30N8S2/c1-35-17-11-27(12-18-35)33-31-25-7-3-23(4-8-25)29-15-21-37-38-22-16-30-24-5-9-26(10-6-24)32-34-28-13-19-36(2)20-14-28/h3-14,17-20H,15-16,21-22H2,1-2H3/p+2. The number of pyridine rings is 2. The Balaban J connectivity index is 1.06. The molecule has 194 valence electrons. The Hall–Kier alpha value is -3.76. The van der Waals surface area contributed by atoms with Crippen molar-refractivity contribution < 1.29 is 9.13 Å². The van der Waals surface area contributed by atoms with Gasteiger partial charge in [0, 0.05) is 60.2 Å². The van der Waals surface area contributed by atoms with Crippen LogP contribution >= 0.6 is 21.6 Å². The van der Waals surface area contributed by atoms with Crippen LogP contribution in [0.25, 0.3) is 0 Å². The Morgan fingerprint density at radius 2 is 0.816 bits per heavy atom. The zero-order valence-corrected chi connectivity index (χ0v) is 23.2. The van der Waals surface area contributed by atoms with Crippen LogP contribution in [0.3, 0.4) is 0 Å². The highest BCUT2D eigenvalue weighted by Crippen LogP contribution is 2.23. The van der Waals surface area contributed by atoms with Gasteiger partial charge in [0.1, 0.15) is 14.1 Å². The summed E-state index contributed by atoms with van der Waals surface area (Å²) in [7, 11) is 7.70. The summed E-state index contributed by atoms with van der Waals surface area (Å²) in [5, 5.41) is 24.1. The summed E-state index contributed by atoms with van der Waals surface area (Å²) >= 11 is 0. The molecule has 8 nitrogen and oxygen atoms in total. The molecule has 2 N–H and O–H groups in total. The van der Waals surface area contributed by atoms with Crippen LogP contribution < -0.4 is 19.8 Å². The van der Waals surface area contributed by atoms with Crippen molar-refractivity contribution in [2.24, 2.45) is 34.6 Å². The van der Waals surface area contributed by atoms with Gasteiger partial charge in [0.05, 0.1) is 22.7 Å². The summed E-state index contributed by atoms with van der Waals surface area (Å²) < 4.78 is 3.94. The first-order chi connectivity index (χ1) is 18.6. The van der Waals surface area contributed by atoms with Crippen molar-refractivity contribution >= 4 is 55.7 Å². The molecule has 0 saturated heterocycles. The van der Waals surface area contributed by atoms with Crippen molar-refractivity contribution in [1.82, 2.24) is 0 Å². The van der Waals surface area contributed by atoms with Gasteiger partial charge in [0.25, 0.3) is 0 Å². The molecular formula is C28H32N8S2+2. The lowest BCUT2D eigenvalue weighted by molar-refractivity contribution is -0.671. The average Bonchev–Trinajstić information content (AvgIpc) is 2.95. The largest absolute Gasteiger partial charge is 0.384 e. The predicted molar refractivity (Wildman–Crippen MR) is 158 cm³/mol. The van der Waals surface area contributed by atoms with E-state index >= 15 is 0 Å². The molecule has 0 radical (unpaired) electrons. The van der Waals surface area contributed by atoms with E-state index in [1.807, 2.05) is 142 Å². The van der Waals surface area contributed by atoms with Crippen molar-refractivity contribution in [1.29, 1.82) is 0 Å². The lowest BCUT2D eigenvalue weighted by atomic mass is 10.3. The van der Waals surface area contributed by atoms with Crippen LogP contribution in [0, 0.1) is 0 Å². The maximum atomic E-state index is 4.30. The molecule has 10 heteroatoms. The second-order valence-electron chi connectivity index (χ2n) is 8.43. The Morgan fingerprint density at radius 1 is 0.500 bits per heavy atom. The highest BCUT2D eigenvalue weighted by atomic mass is 33.1. The van der Waals surface area contributed by atoms with Crippen molar-refractivity contribution in [2.75, 3.05) is 35.2 Å². The molecule has 0 aliphatic heterocycles. The molecule has 0 unspecified atom stereocenters. The second kappa shape index (κ2) is 14.8. The number of aromatic nitrogens is 2. The van der Waals surface area contributed by atoms with Crippen molar-refractivity contribution in [3.05, 3.63) is 97.6 Å².